The molecule has 2 rings (SSSR count). The first kappa shape index (κ1) is 11.8. The average molecular weight is 299 g/mol. The van der Waals surface area contributed by atoms with Gasteiger partial charge in [-0.2, -0.15) is 5.10 Å². The monoisotopic (exact) mass is 298 g/mol. The summed E-state index contributed by atoms with van der Waals surface area (Å²) in [5.74, 6) is 0.798. The minimum atomic E-state index is -0.238. The summed E-state index contributed by atoms with van der Waals surface area (Å²) >= 11 is 3.21. The van der Waals surface area contributed by atoms with Crippen molar-refractivity contribution in [3.8, 4) is 0 Å². The maximum Gasteiger partial charge on any atom is 0.287 e. The summed E-state index contributed by atoms with van der Waals surface area (Å²) < 4.78 is 5.81. The summed E-state index contributed by atoms with van der Waals surface area (Å²) in [6.45, 7) is 2.34. The van der Waals surface area contributed by atoms with Crippen molar-refractivity contribution in [3.63, 3.8) is 0 Å². The molecule has 0 saturated carbocycles. The molecule has 2 aromatic rings. The van der Waals surface area contributed by atoms with Crippen molar-refractivity contribution in [1.82, 2.24) is 20.5 Å². The fraction of sp³-hybridized carbons (Fsp3) is 0.300. The number of hydrogen-bond donors (Lipinski definition) is 2. The third-order valence-corrected chi connectivity index (χ3v) is 2.98. The Balaban J connectivity index is 1.85. The lowest BCUT2D eigenvalue weighted by Crippen LogP contribution is -2.25. The van der Waals surface area contributed by atoms with E-state index in [2.05, 4.69) is 36.4 Å². The van der Waals surface area contributed by atoms with Crippen LogP contribution in [0, 0.1) is 6.92 Å². The molecule has 90 valence electrons. The first-order chi connectivity index (χ1) is 8.16. The van der Waals surface area contributed by atoms with E-state index in [0.717, 1.165) is 11.4 Å². The molecule has 2 N–H and O–H groups in total. The van der Waals surface area contributed by atoms with Gasteiger partial charge >= 0.3 is 0 Å². The molecule has 0 radical (unpaired) electrons. The van der Waals surface area contributed by atoms with Gasteiger partial charge in [-0.1, -0.05) is 0 Å². The van der Waals surface area contributed by atoms with Gasteiger partial charge in [0.15, 0.2) is 10.4 Å². The standard InChI is InChI=1S/C10H11BrN4O2/c1-6-4-7(17-9(6)11)10(16)12-3-2-8-13-5-14-15-8/h4-5H,2-3H2,1H3,(H,12,16)(H,13,14,15). The van der Waals surface area contributed by atoms with Gasteiger partial charge in [-0.05, 0) is 28.9 Å². The van der Waals surface area contributed by atoms with E-state index in [0.29, 0.717) is 23.4 Å². The van der Waals surface area contributed by atoms with Gasteiger partial charge in [0.1, 0.15) is 12.2 Å². The highest BCUT2D eigenvalue weighted by molar-refractivity contribution is 9.10. The number of carbonyl (C=O) groups is 1. The van der Waals surface area contributed by atoms with E-state index in [1.54, 1.807) is 6.07 Å². The van der Waals surface area contributed by atoms with Crippen LogP contribution in [0.3, 0.4) is 0 Å². The van der Waals surface area contributed by atoms with E-state index in [4.69, 9.17) is 4.42 Å². The fourth-order valence-corrected chi connectivity index (χ4v) is 1.59. The van der Waals surface area contributed by atoms with E-state index < -0.39 is 0 Å². The molecule has 1 amide bonds. The van der Waals surface area contributed by atoms with E-state index in [1.807, 2.05) is 6.92 Å². The number of hydrogen-bond acceptors (Lipinski definition) is 4. The average Bonchev–Trinajstić information content (AvgIpc) is 2.90. The second kappa shape index (κ2) is 5.13. The largest absolute Gasteiger partial charge is 0.444 e. The van der Waals surface area contributed by atoms with E-state index in [9.17, 15) is 4.79 Å². The summed E-state index contributed by atoms with van der Waals surface area (Å²) in [6, 6.07) is 1.69. The zero-order valence-corrected chi connectivity index (χ0v) is 10.7. The third kappa shape index (κ3) is 2.94. The van der Waals surface area contributed by atoms with Crippen LogP contribution in [0.25, 0.3) is 0 Å². The van der Waals surface area contributed by atoms with Crippen LogP contribution >= 0.6 is 15.9 Å². The zero-order valence-electron chi connectivity index (χ0n) is 9.16. The summed E-state index contributed by atoms with van der Waals surface area (Å²) in [6.07, 6.45) is 2.04. The van der Waals surface area contributed by atoms with Gasteiger partial charge < -0.3 is 9.73 Å². The number of aromatic nitrogens is 3. The number of aromatic amines is 1. The van der Waals surface area contributed by atoms with E-state index in [-0.39, 0.29) is 5.91 Å². The Hall–Kier alpha value is -1.63. The van der Waals surface area contributed by atoms with Crippen LogP contribution in [-0.4, -0.2) is 27.6 Å². The van der Waals surface area contributed by atoms with Crippen LogP contribution < -0.4 is 5.32 Å². The number of carbonyl (C=O) groups excluding carboxylic acids is 1. The Kier molecular flexibility index (Phi) is 3.58. The third-order valence-electron chi connectivity index (χ3n) is 2.19. The van der Waals surface area contributed by atoms with Gasteiger partial charge in [0.05, 0.1) is 0 Å². The van der Waals surface area contributed by atoms with Crippen LogP contribution in [0.1, 0.15) is 21.9 Å². The smallest absolute Gasteiger partial charge is 0.287 e. The van der Waals surface area contributed by atoms with Crippen LogP contribution in [0.5, 0.6) is 0 Å². The first-order valence-corrected chi connectivity index (χ1v) is 5.84. The minimum Gasteiger partial charge on any atom is -0.444 e. The molecule has 0 saturated heterocycles. The molecule has 17 heavy (non-hydrogen) atoms. The normalized spacial score (nSPS) is 10.5. The Morgan fingerprint density at radius 2 is 2.47 bits per heavy atom. The molecular formula is C10H11BrN4O2. The van der Waals surface area contributed by atoms with E-state index >= 15 is 0 Å². The highest BCUT2D eigenvalue weighted by atomic mass is 79.9. The molecule has 6 nitrogen and oxygen atoms in total. The van der Waals surface area contributed by atoms with Crippen molar-refractivity contribution in [3.05, 3.63) is 34.2 Å². The number of halogens is 1. The zero-order chi connectivity index (χ0) is 12.3. The Labute approximate surface area is 106 Å². The molecule has 0 bridgehead atoms. The Bertz CT molecular complexity index is 487. The number of nitrogens with zero attached hydrogens (tertiary/aromatic N) is 2. The lowest BCUT2D eigenvalue weighted by atomic mass is 10.3. The van der Waals surface area contributed by atoms with Gasteiger partial charge in [-0.15, -0.1) is 0 Å². The molecule has 0 spiro atoms. The second-order valence-electron chi connectivity index (χ2n) is 3.51. The molecule has 0 aliphatic rings. The van der Waals surface area contributed by atoms with Crippen molar-refractivity contribution in [2.45, 2.75) is 13.3 Å². The van der Waals surface area contributed by atoms with Crippen LogP contribution in [0.2, 0.25) is 0 Å². The molecule has 0 aromatic carbocycles. The van der Waals surface area contributed by atoms with Crippen molar-refractivity contribution >= 4 is 21.8 Å². The summed E-state index contributed by atoms with van der Waals surface area (Å²) in [4.78, 5) is 15.6. The maximum absolute atomic E-state index is 11.7. The SMILES string of the molecule is Cc1cc(C(=O)NCCc2ncn[nH]2)oc1Br. The van der Waals surface area contributed by atoms with Gasteiger partial charge in [-0.3, -0.25) is 9.89 Å². The molecule has 2 aromatic heterocycles. The Morgan fingerprint density at radius 3 is 3.06 bits per heavy atom. The number of H-pyrrole nitrogens is 1. The molecule has 0 atom stereocenters. The second-order valence-corrected chi connectivity index (χ2v) is 4.23. The number of amides is 1. The lowest BCUT2D eigenvalue weighted by Gasteiger charge is -2.00. The number of nitrogens with one attached hydrogen (secondary N) is 2. The van der Waals surface area contributed by atoms with Crippen molar-refractivity contribution in [2.75, 3.05) is 6.54 Å². The predicted molar refractivity (Wildman–Crippen MR) is 63.6 cm³/mol. The Morgan fingerprint density at radius 1 is 1.65 bits per heavy atom. The van der Waals surface area contributed by atoms with Gasteiger partial charge in [0.25, 0.3) is 5.91 Å². The van der Waals surface area contributed by atoms with E-state index in [1.165, 1.54) is 6.33 Å². The van der Waals surface area contributed by atoms with Crippen molar-refractivity contribution in [1.29, 1.82) is 0 Å². The summed E-state index contributed by atoms with van der Waals surface area (Å²) in [5, 5.41) is 9.18. The highest BCUT2D eigenvalue weighted by Gasteiger charge is 2.12. The molecular weight excluding hydrogens is 288 g/mol. The maximum atomic E-state index is 11.7. The quantitative estimate of drug-likeness (QED) is 0.894. The van der Waals surface area contributed by atoms with Crippen molar-refractivity contribution in [2.24, 2.45) is 0 Å². The predicted octanol–water partition coefficient (Wildman–Crippen LogP) is 1.44. The molecule has 7 heteroatoms. The van der Waals surface area contributed by atoms with Crippen LogP contribution in [-0.2, 0) is 6.42 Å². The summed E-state index contributed by atoms with van der Waals surface area (Å²) in [5.41, 5.74) is 0.894. The highest BCUT2D eigenvalue weighted by Crippen LogP contribution is 2.20. The molecule has 0 aliphatic carbocycles. The lowest BCUT2D eigenvalue weighted by molar-refractivity contribution is 0.0925. The first-order valence-electron chi connectivity index (χ1n) is 5.05. The molecule has 0 aliphatic heterocycles. The minimum absolute atomic E-state index is 0.238. The van der Waals surface area contributed by atoms with Crippen LogP contribution in [0.15, 0.2) is 21.5 Å². The topological polar surface area (TPSA) is 83.8 Å². The van der Waals surface area contributed by atoms with Gasteiger partial charge in [0.2, 0.25) is 0 Å². The van der Waals surface area contributed by atoms with Crippen LogP contribution in [0.4, 0.5) is 0 Å². The molecule has 0 fully saturated rings. The summed E-state index contributed by atoms with van der Waals surface area (Å²) in [7, 11) is 0. The van der Waals surface area contributed by atoms with Gasteiger partial charge in [0, 0.05) is 18.5 Å². The molecule has 2 heterocycles. The van der Waals surface area contributed by atoms with Crippen molar-refractivity contribution < 1.29 is 9.21 Å². The van der Waals surface area contributed by atoms with Gasteiger partial charge in [-0.25, -0.2) is 4.98 Å². The number of rotatable bonds is 4. The molecule has 0 unspecified atom stereocenters. The fourth-order valence-electron chi connectivity index (χ4n) is 1.30. The number of furan rings is 1. The number of aryl methyl sites for hydroxylation is 1.